The van der Waals surface area contributed by atoms with Crippen molar-refractivity contribution >= 4 is 12.1 Å². The van der Waals surface area contributed by atoms with Crippen molar-refractivity contribution in [2.45, 2.75) is 6.92 Å². The number of rotatable bonds is 5. The topological polar surface area (TPSA) is 91.2 Å². The first-order chi connectivity index (χ1) is 10.6. The zero-order chi connectivity index (χ0) is 15.9. The van der Waals surface area contributed by atoms with Gasteiger partial charge in [-0.25, -0.2) is 5.43 Å². The number of para-hydroxylation sites is 1. The van der Waals surface area contributed by atoms with E-state index in [-0.39, 0.29) is 18.1 Å². The smallest absolute Gasteiger partial charge is 0.277 e. The lowest BCUT2D eigenvalue weighted by Crippen LogP contribution is -2.24. The van der Waals surface area contributed by atoms with Crippen LogP contribution in [-0.4, -0.2) is 28.9 Å². The van der Waals surface area contributed by atoms with E-state index in [1.807, 2.05) is 25.1 Å². The lowest BCUT2D eigenvalue weighted by Gasteiger charge is -2.07. The zero-order valence-electron chi connectivity index (χ0n) is 12.0. The summed E-state index contributed by atoms with van der Waals surface area (Å²) in [5.74, 6) is 0.0371. The van der Waals surface area contributed by atoms with Crippen LogP contribution in [0, 0.1) is 6.92 Å². The molecule has 0 atom stereocenters. The Balaban J connectivity index is 1.85. The molecule has 1 amide bonds. The van der Waals surface area contributed by atoms with E-state index in [0.29, 0.717) is 11.3 Å². The van der Waals surface area contributed by atoms with E-state index in [1.54, 1.807) is 6.07 Å². The summed E-state index contributed by atoms with van der Waals surface area (Å²) in [5.41, 5.74) is 3.61. The molecule has 22 heavy (non-hydrogen) atoms. The molecule has 0 saturated carbocycles. The molecule has 6 heteroatoms. The van der Waals surface area contributed by atoms with Crippen molar-refractivity contribution in [1.82, 2.24) is 5.43 Å². The van der Waals surface area contributed by atoms with Crippen LogP contribution in [0.15, 0.2) is 47.6 Å². The van der Waals surface area contributed by atoms with Gasteiger partial charge in [-0.05, 0) is 30.7 Å². The van der Waals surface area contributed by atoms with Gasteiger partial charge in [0.2, 0.25) is 0 Å². The SMILES string of the molecule is Cc1ccccc1OCC(=O)NN=Cc1ccc(O)cc1O. The molecule has 0 aliphatic heterocycles. The Morgan fingerprint density at radius 3 is 2.77 bits per heavy atom. The molecule has 6 nitrogen and oxygen atoms in total. The molecule has 2 aromatic carbocycles. The highest BCUT2D eigenvalue weighted by Crippen LogP contribution is 2.20. The highest BCUT2D eigenvalue weighted by atomic mass is 16.5. The van der Waals surface area contributed by atoms with Gasteiger partial charge in [0.25, 0.3) is 5.91 Å². The third-order valence-electron chi connectivity index (χ3n) is 2.86. The van der Waals surface area contributed by atoms with E-state index in [0.717, 1.165) is 5.56 Å². The second-order valence-corrected chi connectivity index (χ2v) is 4.59. The molecule has 0 unspecified atom stereocenters. The number of aryl methyl sites for hydroxylation is 1. The first kappa shape index (κ1) is 15.4. The number of hydrogen-bond acceptors (Lipinski definition) is 5. The number of carbonyl (C=O) groups is 1. The largest absolute Gasteiger partial charge is 0.508 e. The van der Waals surface area contributed by atoms with Crippen molar-refractivity contribution in [1.29, 1.82) is 0 Å². The van der Waals surface area contributed by atoms with Gasteiger partial charge in [0.15, 0.2) is 6.61 Å². The minimum Gasteiger partial charge on any atom is -0.508 e. The van der Waals surface area contributed by atoms with Crippen molar-refractivity contribution in [3.8, 4) is 17.2 Å². The lowest BCUT2D eigenvalue weighted by atomic mass is 10.2. The number of hydrazone groups is 1. The van der Waals surface area contributed by atoms with E-state index in [4.69, 9.17) is 9.84 Å². The van der Waals surface area contributed by atoms with E-state index in [2.05, 4.69) is 10.5 Å². The molecule has 0 aliphatic carbocycles. The van der Waals surface area contributed by atoms with Crippen LogP contribution in [0.4, 0.5) is 0 Å². The molecular formula is C16H16N2O4. The Labute approximate surface area is 127 Å². The molecule has 2 rings (SSSR count). The summed E-state index contributed by atoms with van der Waals surface area (Å²) in [4.78, 5) is 11.6. The Bertz CT molecular complexity index is 698. The number of nitrogens with one attached hydrogen (secondary N) is 1. The third-order valence-corrected chi connectivity index (χ3v) is 2.86. The van der Waals surface area contributed by atoms with Crippen molar-refractivity contribution in [3.63, 3.8) is 0 Å². The number of benzene rings is 2. The van der Waals surface area contributed by atoms with Crippen LogP contribution in [0.5, 0.6) is 17.2 Å². The molecule has 114 valence electrons. The number of carbonyl (C=O) groups excluding carboxylic acids is 1. The minimum atomic E-state index is -0.419. The molecule has 3 N–H and O–H groups in total. The number of ether oxygens (including phenoxy) is 1. The van der Waals surface area contributed by atoms with Crippen molar-refractivity contribution in [2.75, 3.05) is 6.61 Å². The highest BCUT2D eigenvalue weighted by molar-refractivity contribution is 5.85. The second kappa shape index (κ2) is 7.12. The first-order valence-corrected chi connectivity index (χ1v) is 6.58. The molecule has 0 aliphatic rings. The number of nitrogens with zero attached hydrogens (tertiary/aromatic N) is 1. The number of hydrogen-bond donors (Lipinski definition) is 3. The Morgan fingerprint density at radius 2 is 2.05 bits per heavy atom. The molecule has 0 radical (unpaired) electrons. The number of phenolic OH excluding ortho intramolecular Hbond substituents is 2. The fourth-order valence-corrected chi connectivity index (χ4v) is 1.71. The van der Waals surface area contributed by atoms with E-state index in [9.17, 15) is 9.90 Å². The fourth-order valence-electron chi connectivity index (χ4n) is 1.71. The Morgan fingerprint density at radius 1 is 1.27 bits per heavy atom. The van der Waals surface area contributed by atoms with Gasteiger partial charge in [-0.3, -0.25) is 4.79 Å². The summed E-state index contributed by atoms with van der Waals surface area (Å²) >= 11 is 0. The Kier molecular flexibility index (Phi) is 4.98. The van der Waals surface area contributed by atoms with Gasteiger partial charge in [0.1, 0.15) is 17.2 Å². The lowest BCUT2D eigenvalue weighted by molar-refractivity contribution is -0.123. The van der Waals surface area contributed by atoms with Crippen LogP contribution in [0.25, 0.3) is 0 Å². The molecule has 0 heterocycles. The first-order valence-electron chi connectivity index (χ1n) is 6.58. The maximum Gasteiger partial charge on any atom is 0.277 e. The van der Waals surface area contributed by atoms with Crippen LogP contribution < -0.4 is 10.2 Å². The summed E-state index contributed by atoms with van der Waals surface area (Å²) in [6, 6.07) is 11.4. The van der Waals surface area contributed by atoms with Gasteiger partial charge in [0.05, 0.1) is 6.21 Å². The normalized spacial score (nSPS) is 10.6. The standard InChI is InChI=1S/C16H16N2O4/c1-11-4-2-3-5-15(11)22-10-16(21)18-17-9-12-6-7-13(19)8-14(12)20/h2-9,19-20H,10H2,1H3,(H,18,21). The summed E-state index contributed by atoms with van der Waals surface area (Å²) in [6.45, 7) is 1.72. The number of phenols is 2. The van der Waals surface area contributed by atoms with Gasteiger partial charge in [-0.15, -0.1) is 0 Å². The average Bonchev–Trinajstić information content (AvgIpc) is 2.49. The highest BCUT2D eigenvalue weighted by Gasteiger charge is 2.04. The summed E-state index contributed by atoms with van der Waals surface area (Å²) in [6.07, 6.45) is 1.28. The van der Waals surface area contributed by atoms with Crippen LogP contribution in [0.1, 0.15) is 11.1 Å². The molecule has 0 aromatic heterocycles. The van der Waals surface area contributed by atoms with Gasteiger partial charge < -0.3 is 14.9 Å². The number of amides is 1. The molecular weight excluding hydrogens is 284 g/mol. The fraction of sp³-hybridized carbons (Fsp3) is 0.125. The van der Waals surface area contributed by atoms with Gasteiger partial charge >= 0.3 is 0 Å². The minimum absolute atomic E-state index is 0.0506. The van der Waals surface area contributed by atoms with Crippen molar-refractivity contribution < 1.29 is 19.7 Å². The van der Waals surface area contributed by atoms with Gasteiger partial charge in [0, 0.05) is 11.6 Å². The van der Waals surface area contributed by atoms with Gasteiger partial charge in [-0.2, -0.15) is 5.10 Å². The summed E-state index contributed by atoms with van der Waals surface area (Å²) in [5, 5.41) is 22.4. The molecule has 0 fully saturated rings. The zero-order valence-corrected chi connectivity index (χ0v) is 12.0. The summed E-state index contributed by atoms with van der Waals surface area (Å²) in [7, 11) is 0. The predicted octanol–water partition coefficient (Wildman–Crippen LogP) is 1.94. The van der Waals surface area contributed by atoms with Crippen LogP contribution >= 0.6 is 0 Å². The maximum atomic E-state index is 11.6. The molecule has 0 spiro atoms. The van der Waals surface area contributed by atoms with E-state index in [1.165, 1.54) is 24.4 Å². The Hall–Kier alpha value is -3.02. The second-order valence-electron chi connectivity index (χ2n) is 4.59. The van der Waals surface area contributed by atoms with E-state index >= 15 is 0 Å². The van der Waals surface area contributed by atoms with Crippen molar-refractivity contribution in [2.24, 2.45) is 5.10 Å². The monoisotopic (exact) mass is 300 g/mol. The number of aromatic hydroxyl groups is 2. The third kappa shape index (κ3) is 4.24. The van der Waals surface area contributed by atoms with Crippen molar-refractivity contribution in [3.05, 3.63) is 53.6 Å². The predicted molar refractivity (Wildman–Crippen MR) is 82.2 cm³/mol. The van der Waals surface area contributed by atoms with E-state index < -0.39 is 5.91 Å². The molecule has 0 bridgehead atoms. The van der Waals surface area contributed by atoms with Crippen LogP contribution in [0.2, 0.25) is 0 Å². The van der Waals surface area contributed by atoms with Gasteiger partial charge in [-0.1, -0.05) is 18.2 Å². The quantitative estimate of drug-likeness (QED) is 0.581. The molecule has 0 saturated heterocycles. The molecule has 2 aromatic rings. The summed E-state index contributed by atoms with van der Waals surface area (Å²) < 4.78 is 5.37. The maximum absolute atomic E-state index is 11.6. The average molecular weight is 300 g/mol. The van der Waals surface area contributed by atoms with Crippen LogP contribution in [-0.2, 0) is 4.79 Å². The van der Waals surface area contributed by atoms with Crippen LogP contribution in [0.3, 0.4) is 0 Å².